The van der Waals surface area contributed by atoms with Crippen molar-refractivity contribution in [1.82, 2.24) is 10.6 Å². The van der Waals surface area contributed by atoms with Crippen LogP contribution in [0.2, 0.25) is 0 Å². The third-order valence-electron chi connectivity index (χ3n) is 14.7. The number of anilines is 1. The summed E-state index contributed by atoms with van der Waals surface area (Å²) in [5.41, 5.74) is 9.55. The number of rotatable bonds is 11. The third kappa shape index (κ3) is 7.65. The Bertz CT molecular complexity index is 2250. The quantitative estimate of drug-likeness (QED) is 0.131. The van der Waals surface area contributed by atoms with Gasteiger partial charge in [0, 0.05) is 66.5 Å². The number of aromatic hydroxyl groups is 1. The molecule has 2 amide bonds. The molecule has 3 aliphatic carbocycles. The molecule has 4 unspecified atom stereocenters. The lowest BCUT2D eigenvalue weighted by atomic mass is 9.69. The Morgan fingerprint density at radius 2 is 1.58 bits per heavy atom. The van der Waals surface area contributed by atoms with Gasteiger partial charge in [0.05, 0.1) is 5.92 Å². The first kappa shape index (κ1) is 39.4. The van der Waals surface area contributed by atoms with E-state index in [4.69, 9.17) is 0 Å². The van der Waals surface area contributed by atoms with Crippen LogP contribution in [0.25, 0.3) is 0 Å². The lowest BCUT2D eigenvalue weighted by Gasteiger charge is -2.44. The Kier molecular flexibility index (Phi) is 10.8. The van der Waals surface area contributed by atoms with Gasteiger partial charge < -0.3 is 15.3 Å². The molecule has 8 heteroatoms. The van der Waals surface area contributed by atoms with Crippen LogP contribution < -0.4 is 15.5 Å². The number of phenolic OH excluding ortho intramolecular Hbond substituents is 1. The summed E-state index contributed by atoms with van der Waals surface area (Å²) in [6, 6.07) is 30.9. The van der Waals surface area contributed by atoms with Gasteiger partial charge in [-0.1, -0.05) is 68.4 Å². The molecule has 2 heterocycles. The molecule has 1 saturated carbocycles. The molecule has 0 radical (unpaired) electrons. The second-order valence-electron chi connectivity index (χ2n) is 18.4. The van der Waals surface area contributed by atoms with E-state index in [2.05, 4.69) is 89.2 Å². The molecule has 0 aromatic heterocycles. The summed E-state index contributed by atoms with van der Waals surface area (Å²) in [6.45, 7) is 5.95. The fourth-order valence-electron chi connectivity index (χ4n) is 11.4. The van der Waals surface area contributed by atoms with Gasteiger partial charge in [-0.25, -0.2) is 0 Å². The zero-order valence-electron chi connectivity index (χ0n) is 34.5. The highest BCUT2D eigenvalue weighted by Crippen LogP contribution is 2.48. The molecule has 8 nitrogen and oxygen atoms in total. The molecule has 59 heavy (non-hydrogen) atoms. The highest BCUT2D eigenvalue weighted by molar-refractivity contribution is 6.09. The van der Waals surface area contributed by atoms with Crippen molar-refractivity contribution in [3.63, 3.8) is 0 Å². The molecule has 5 aliphatic rings. The van der Waals surface area contributed by atoms with E-state index in [1.165, 1.54) is 33.5 Å². The van der Waals surface area contributed by atoms with Crippen LogP contribution in [0.4, 0.5) is 5.69 Å². The molecule has 2 aliphatic heterocycles. The average molecular weight is 792 g/mol. The maximum Gasteiger partial charge on any atom is 0.230 e. The standard InChI is InChI=1S/C51H57N3O5/c1-3-31-25-37-28-51(2,45-22-24-47(57)53-50(45)59)49(58)44(37)27-35(31)14-23-46(56)33-9-15-38(16-10-33)52-39-29-54(30-39)40-17-11-34(12-18-40)48-42(32-7-5-4-6-8-32)20-13-36-26-41(55)19-21-43(36)48/h4-8,11-12,17-19,21,25-27,33,38-39,42,45,48,52,55H,3,9-10,13-16,20,22-24,28-30H2,1-2H3,(H,53,57,59). The number of carbonyl (C=O) groups is 4. The number of imide groups is 1. The van der Waals surface area contributed by atoms with E-state index in [0.29, 0.717) is 60.8 Å². The molecule has 0 spiro atoms. The van der Waals surface area contributed by atoms with Crippen molar-refractivity contribution in [2.45, 2.75) is 115 Å². The van der Waals surface area contributed by atoms with Crippen LogP contribution in [-0.4, -0.2) is 53.7 Å². The van der Waals surface area contributed by atoms with Crippen LogP contribution in [-0.2, 0) is 40.1 Å². The van der Waals surface area contributed by atoms with Crippen molar-refractivity contribution in [1.29, 1.82) is 0 Å². The zero-order chi connectivity index (χ0) is 40.8. The molecule has 3 N–H and O–H groups in total. The number of nitrogens with one attached hydrogen (secondary N) is 2. The summed E-state index contributed by atoms with van der Waals surface area (Å²) in [5.74, 6) is 0.248. The number of fused-ring (bicyclic) bond motifs is 2. The van der Waals surface area contributed by atoms with Gasteiger partial charge in [0.1, 0.15) is 11.5 Å². The lowest BCUT2D eigenvalue weighted by Crippen LogP contribution is -2.60. The predicted molar refractivity (Wildman–Crippen MR) is 230 cm³/mol. The number of nitrogens with zero attached hydrogens (tertiary/aromatic N) is 1. The van der Waals surface area contributed by atoms with E-state index in [9.17, 15) is 24.3 Å². The lowest BCUT2D eigenvalue weighted by molar-refractivity contribution is -0.139. The second-order valence-corrected chi connectivity index (χ2v) is 18.4. The SMILES string of the molecule is CCc1cc2c(cc1CCC(=O)C1CCC(NC3CN(c4ccc(C5c6ccc(O)cc6CCC5c5ccccc5)cc4)C3)CC1)C(=O)C(C)(C1CCC(=O)NC1=O)C2. The number of phenols is 1. The molecule has 4 atom stereocenters. The Hall–Kier alpha value is -5.08. The minimum absolute atomic E-state index is 0.0166. The van der Waals surface area contributed by atoms with Gasteiger partial charge in [-0.2, -0.15) is 0 Å². The maximum atomic E-state index is 13.8. The number of ketones is 2. The average Bonchev–Trinajstić information content (AvgIpc) is 3.48. The summed E-state index contributed by atoms with van der Waals surface area (Å²) < 4.78 is 0. The van der Waals surface area contributed by atoms with Crippen LogP contribution in [0, 0.1) is 17.3 Å². The Morgan fingerprint density at radius 3 is 2.31 bits per heavy atom. The maximum absolute atomic E-state index is 13.8. The van der Waals surface area contributed by atoms with Gasteiger partial charge in [0.25, 0.3) is 0 Å². The van der Waals surface area contributed by atoms with Crippen LogP contribution in [0.3, 0.4) is 0 Å². The fraction of sp³-hybridized carbons (Fsp3) is 0.451. The van der Waals surface area contributed by atoms with Gasteiger partial charge in [0.2, 0.25) is 11.8 Å². The number of Topliss-reactive ketones (excluding diaryl/α,β-unsaturated/α-hetero) is 2. The summed E-state index contributed by atoms with van der Waals surface area (Å²) in [4.78, 5) is 54.4. The third-order valence-corrected chi connectivity index (χ3v) is 14.7. The molecule has 9 rings (SSSR count). The summed E-state index contributed by atoms with van der Waals surface area (Å²) >= 11 is 0. The molecular weight excluding hydrogens is 735 g/mol. The normalized spacial score (nSPS) is 26.8. The molecule has 3 fully saturated rings. The number of piperidine rings is 1. The molecule has 4 aromatic rings. The smallest absolute Gasteiger partial charge is 0.230 e. The number of carbonyl (C=O) groups excluding carboxylic acids is 4. The minimum atomic E-state index is -0.855. The van der Waals surface area contributed by atoms with Crippen molar-refractivity contribution in [3.8, 4) is 5.75 Å². The fourth-order valence-corrected chi connectivity index (χ4v) is 11.4. The predicted octanol–water partition coefficient (Wildman–Crippen LogP) is 8.15. The van der Waals surface area contributed by atoms with Gasteiger partial charge in [0.15, 0.2) is 5.78 Å². The number of aryl methyl sites for hydroxylation is 3. The highest BCUT2D eigenvalue weighted by atomic mass is 16.3. The largest absolute Gasteiger partial charge is 0.508 e. The topological polar surface area (TPSA) is 116 Å². The van der Waals surface area contributed by atoms with Crippen molar-refractivity contribution in [2.24, 2.45) is 17.3 Å². The van der Waals surface area contributed by atoms with E-state index in [0.717, 1.165) is 69.2 Å². The first-order valence-electron chi connectivity index (χ1n) is 22.1. The van der Waals surface area contributed by atoms with E-state index in [1.54, 1.807) is 0 Å². The van der Waals surface area contributed by atoms with Gasteiger partial charge in [-0.3, -0.25) is 24.5 Å². The highest BCUT2D eigenvalue weighted by Gasteiger charge is 2.51. The van der Waals surface area contributed by atoms with Crippen molar-refractivity contribution < 1.29 is 24.3 Å². The Balaban J connectivity index is 0.758. The minimum Gasteiger partial charge on any atom is -0.508 e. The van der Waals surface area contributed by atoms with E-state index in [1.807, 2.05) is 25.1 Å². The Morgan fingerprint density at radius 1 is 0.814 bits per heavy atom. The van der Waals surface area contributed by atoms with E-state index in [-0.39, 0.29) is 35.9 Å². The number of hydrogen-bond donors (Lipinski definition) is 3. The van der Waals surface area contributed by atoms with Crippen LogP contribution in [0.15, 0.2) is 84.9 Å². The monoisotopic (exact) mass is 791 g/mol. The molecule has 2 saturated heterocycles. The number of amides is 2. The number of benzene rings is 4. The summed E-state index contributed by atoms with van der Waals surface area (Å²) in [7, 11) is 0. The second kappa shape index (κ2) is 16.2. The first-order valence-corrected chi connectivity index (χ1v) is 22.1. The summed E-state index contributed by atoms with van der Waals surface area (Å²) in [6.07, 6.45) is 8.95. The van der Waals surface area contributed by atoms with Crippen LogP contribution >= 0.6 is 0 Å². The summed E-state index contributed by atoms with van der Waals surface area (Å²) in [5, 5.41) is 16.6. The molecule has 4 aromatic carbocycles. The zero-order valence-corrected chi connectivity index (χ0v) is 34.5. The van der Waals surface area contributed by atoms with Crippen molar-refractivity contribution in [3.05, 3.63) is 129 Å². The van der Waals surface area contributed by atoms with Crippen molar-refractivity contribution in [2.75, 3.05) is 18.0 Å². The molecular formula is C51H57N3O5. The van der Waals surface area contributed by atoms with Crippen LogP contribution in [0.5, 0.6) is 5.75 Å². The van der Waals surface area contributed by atoms with Gasteiger partial charge >= 0.3 is 0 Å². The Labute approximate surface area is 348 Å². The van der Waals surface area contributed by atoms with E-state index < -0.39 is 11.3 Å². The van der Waals surface area contributed by atoms with Gasteiger partial charge in [-0.15, -0.1) is 0 Å². The van der Waals surface area contributed by atoms with E-state index >= 15 is 0 Å². The molecule has 306 valence electrons. The first-order chi connectivity index (χ1) is 28.6. The van der Waals surface area contributed by atoms with Gasteiger partial charge in [-0.05, 0) is 139 Å². The number of hydrogen-bond acceptors (Lipinski definition) is 7. The van der Waals surface area contributed by atoms with Crippen molar-refractivity contribution >= 4 is 29.1 Å². The van der Waals surface area contributed by atoms with Crippen LogP contribution in [0.1, 0.15) is 126 Å². The molecule has 0 bridgehead atoms.